The van der Waals surface area contributed by atoms with E-state index in [9.17, 15) is 4.79 Å². The number of carbonyl (C=O) groups is 1. The summed E-state index contributed by atoms with van der Waals surface area (Å²) >= 11 is 0. The second kappa shape index (κ2) is 4.14. The maximum Gasteiger partial charge on any atom is 0.256 e. The Bertz CT molecular complexity index is 502. The predicted molar refractivity (Wildman–Crippen MR) is 58.2 cm³/mol. The van der Waals surface area contributed by atoms with Crippen molar-refractivity contribution >= 4 is 11.7 Å². The number of anilines is 1. The van der Waals surface area contributed by atoms with E-state index >= 15 is 0 Å². The van der Waals surface area contributed by atoms with E-state index in [-0.39, 0.29) is 5.91 Å². The van der Waals surface area contributed by atoms with Gasteiger partial charge >= 0.3 is 0 Å². The second-order valence-electron chi connectivity index (χ2n) is 3.52. The van der Waals surface area contributed by atoms with Crippen molar-refractivity contribution in [1.29, 1.82) is 0 Å². The van der Waals surface area contributed by atoms with Crippen molar-refractivity contribution in [2.45, 2.75) is 13.8 Å². The van der Waals surface area contributed by atoms with Gasteiger partial charge in [-0.3, -0.25) is 4.79 Å². The molecule has 2 rings (SSSR count). The molecule has 1 heterocycles. The number of nitrogens with one attached hydrogen (secondary N) is 1. The van der Waals surface area contributed by atoms with Crippen LogP contribution in [0.4, 0.5) is 5.82 Å². The molecule has 0 unspecified atom stereocenters. The molecule has 1 aromatic carbocycles. The molecular weight excluding hydrogens is 206 g/mol. The molecule has 0 spiro atoms. The van der Waals surface area contributed by atoms with Gasteiger partial charge in [-0.05, 0) is 31.1 Å². The first kappa shape index (κ1) is 10.4. The van der Waals surface area contributed by atoms with Gasteiger partial charge in [0.05, 0.1) is 0 Å². The van der Waals surface area contributed by atoms with Gasteiger partial charge in [-0.15, -0.1) is 0 Å². The Balaban J connectivity index is 2.15. The van der Waals surface area contributed by atoms with E-state index in [0.717, 1.165) is 5.56 Å². The first-order valence-electron chi connectivity index (χ1n) is 4.84. The average molecular weight is 217 g/mol. The minimum atomic E-state index is -0.223. The Labute approximate surface area is 92.4 Å². The van der Waals surface area contributed by atoms with Crippen LogP contribution in [-0.4, -0.2) is 16.2 Å². The molecule has 5 heteroatoms. The minimum Gasteiger partial charge on any atom is -0.302 e. The molecule has 1 amide bonds. The Kier molecular flexibility index (Phi) is 2.68. The van der Waals surface area contributed by atoms with Gasteiger partial charge in [0, 0.05) is 5.56 Å². The highest BCUT2D eigenvalue weighted by atomic mass is 16.6. The molecule has 5 nitrogen and oxygen atoms in total. The van der Waals surface area contributed by atoms with Crippen molar-refractivity contribution < 1.29 is 9.42 Å². The lowest BCUT2D eigenvalue weighted by Gasteiger charge is -2.01. The van der Waals surface area contributed by atoms with Gasteiger partial charge in [0.25, 0.3) is 5.91 Å². The number of rotatable bonds is 2. The Morgan fingerprint density at radius 2 is 1.88 bits per heavy atom. The molecule has 0 bridgehead atoms. The third-order valence-electron chi connectivity index (χ3n) is 2.20. The van der Waals surface area contributed by atoms with Crippen LogP contribution in [0.25, 0.3) is 0 Å². The summed E-state index contributed by atoms with van der Waals surface area (Å²) in [7, 11) is 0. The zero-order chi connectivity index (χ0) is 11.5. The normalized spacial score (nSPS) is 10.1. The summed E-state index contributed by atoms with van der Waals surface area (Å²) in [5.41, 5.74) is 2.24. The minimum absolute atomic E-state index is 0.223. The fourth-order valence-corrected chi connectivity index (χ4v) is 1.23. The summed E-state index contributed by atoms with van der Waals surface area (Å²) in [6.45, 7) is 3.68. The largest absolute Gasteiger partial charge is 0.302 e. The molecule has 16 heavy (non-hydrogen) atoms. The maximum absolute atomic E-state index is 11.8. The Morgan fingerprint density at radius 1 is 1.19 bits per heavy atom. The fourth-order valence-electron chi connectivity index (χ4n) is 1.23. The van der Waals surface area contributed by atoms with Gasteiger partial charge in [-0.2, -0.15) is 0 Å². The van der Waals surface area contributed by atoms with Gasteiger partial charge in [0.15, 0.2) is 0 Å². The van der Waals surface area contributed by atoms with E-state index in [0.29, 0.717) is 17.1 Å². The molecule has 2 aromatic rings. The van der Waals surface area contributed by atoms with E-state index in [1.807, 2.05) is 19.1 Å². The summed E-state index contributed by atoms with van der Waals surface area (Å²) in [6.07, 6.45) is 0. The van der Waals surface area contributed by atoms with Crippen molar-refractivity contribution in [3.05, 3.63) is 41.1 Å². The van der Waals surface area contributed by atoms with Crippen molar-refractivity contribution in [3.63, 3.8) is 0 Å². The van der Waals surface area contributed by atoms with Crippen LogP contribution in [0.15, 0.2) is 28.9 Å². The number of nitrogens with zero attached hydrogens (tertiary/aromatic N) is 2. The van der Waals surface area contributed by atoms with E-state index in [1.165, 1.54) is 0 Å². The van der Waals surface area contributed by atoms with Gasteiger partial charge in [0.2, 0.25) is 5.82 Å². The zero-order valence-electron chi connectivity index (χ0n) is 9.02. The van der Waals surface area contributed by atoms with Crippen LogP contribution >= 0.6 is 0 Å². The maximum atomic E-state index is 11.8. The molecule has 0 saturated heterocycles. The molecule has 1 aromatic heterocycles. The van der Waals surface area contributed by atoms with Gasteiger partial charge < -0.3 is 5.32 Å². The third kappa shape index (κ3) is 2.08. The van der Waals surface area contributed by atoms with E-state index in [1.54, 1.807) is 19.1 Å². The molecule has 0 aliphatic heterocycles. The molecule has 0 aliphatic carbocycles. The van der Waals surface area contributed by atoms with Crippen LogP contribution < -0.4 is 5.32 Å². The topological polar surface area (TPSA) is 68.0 Å². The van der Waals surface area contributed by atoms with Gasteiger partial charge in [-0.1, -0.05) is 22.9 Å². The molecule has 1 N–H and O–H groups in total. The van der Waals surface area contributed by atoms with E-state index < -0.39 is 0 Å². The first-order chi connectivity index (χ1) is 7.66. The van der Waals surface area contributed by atoms with Crippen LogP contribution in [0.1, 0.15) is 21.6 Å². The lowest BCUT2D eigenvalue weighted by atomic mass is 10.1. The number of amides is 1. The summed E-state index contributed by atoms with van der Waals surface area (Å²) < 4.78 is 4.49. The summed E-state index contributed by atoms with van der Waals surface area (Å²) in [5, 5.41) is 9.78. The lowest BCUT2D eigenvalue weighted by molar-refractivity contribution is 0.102. The molecule has 0 radical (unpaired) electrons. The summed E-state index contributed by atoms with van der Waals surface area (Å²) in [6, 6.07) is 7.27. The highest BCUT2D eigenvalue weighted by Gasteiger charge is 2.10. The van der Waals surface area contributed by atoms with Crippen LogP contribution in [-0.2, 0) is 0 Å². The fraction of sp³-hybridized carbons (Fsp3) is 0.182. The van der Waals surface area contributed by atoms with Crippen LogP contribution in [0.3, 0.4) is 0 Å². The first-order valence-corrected chi connectivity index (χ1v) is 4.84. The van der Waals surface area contributed by atoms with Crippen molar-refractivity contribution in [2.24, 2.45) is 0 Å². The predicted octanol–water partition coefficient (Wildman–Crippen LogP) is 1.94. The number of benzene rings is 1. The molecule has 82 valence electrons. The van der Waals surface area contributed by atoms with Crippen molar-refractivity contribution in [2.75, 3.05) is 5.32 Å². The van der Waals surface area contributed by atoms with Crippen molar-refractivity contribution in [1.82, 2.24) is 10.3 Å². The summed E-state index contributed by atoms with van der Waals surface area (Å²) in [4.78, 5) is 11.8. The second-order valence-corrected chi connectivity index (χ2v) is 3.52. The number of aryl methyl sites for hydroxylation is 2. The number of hydrogen-bond acceptors (Lipinski definition) is 4. The molecular formula is C11H11N3O2. The van der Waals surface area contributed by atoms with Crippen LogP contribution in [0, 0.1) is 13.8 Å². The zero-order valence-corrected chi connectivity index (χ0v) is 9.02. The quantitative estimate of drug-likeness (QED) is 0.834. The van der Waals surface area contributed by atoms with Crippen molar-refractivity contribution in [3.8, 4) is 0 Å². The smallest absolute Gasteiger partial charge is 0.256 e. The standard InChI is InChI=1S/C11H11N3O2/c1-7-3-5-9(6-4-7)11(15)12-10-8(2)13-16-14-10/h3-6H,1-2H3,(H,12,14,15). The number of aromatic nitrogens is 2. The third-order valence-corrected chi connectivity index (χ3v) is 2.20. The highest BCUT2D eigenvalue weighted by Crippen LogP contribution is 2.10. The molecule has 0 aliphatic rings. The monoisotopic (exact) mass is 217 g/mol. The average Bonchev–Trinajstić information content (AvgIpc) is 2.65. The highest BCUT2D eigenvalue weighted by molar-refractivity contribution is 6.03. The lowest BCUT2D eigenvalue weighted by Crippen LogP contribution is -2.12. The Hall–Kier alpha value is -2.17. The number of hydrogen-bond donors (Lipinski definition) is 1. The van der Waals surface area contributed by atoms with E-state index in [2.05, 4.69) is 20.3 Å². The molecule has 0 saturated carbocycles. The summed E-state index contributed by atoms with van der Waals surface area (Å²) in [5.74, 6) is 0.129. The SMILES string of the molecule is Cc1ccc(C(=O)Nc2nonc2C)cc1. The Morgan fingerprint density at radius 3 is 2.44 bits per heavy atom. The molecule has 0 atom stereocenters. The van der Waals surface area contributed by atoms with Crippen LogP contribution in [0.5, 0.6) is 0 Å². The van der Waals surface area contributed by atoms with E-state index in [4.69, 9.17) is 0 Å². The van der Waals surface area contributed by atoms with Gasteiger partial charge in [0.1, 0.15) is 5.69 Å². The van der Waals surface area contributed by atoms with Gasteiger partial charge in [-0.25, -0.2) is 4.63 Å². The number of carbonyl (C=O) groups excluding carboxylic acids is 1. The van der Waals surface area contributed by atoms with Crippen LogP contribution in [0.2, 0.25) is 0 Å². The molecule has 0 fully saturated rings.